The number of pyridine rings is 1. The lowest BCUT2D eigenvalue weighted by Crippen LogP contribution is -2.11. The largest absolute Gasteiger partial charge is 0.354 e. The van der Waals surface area contributed by atoms with Crippen LogP contribution in [0, 0.1) is 18.8 Å². The van der Waals surface area contributed by atoms with Crippen molar-refractivity contribution in [2.75, 3.05) is 13.1 Å². The Hall–Kier alpha value is -2.18. The molecule has 6 heteroatoms. The third-order valence-electron chi connectivity index (χ3n) is 7.01. The Balaban J connectivity index is 1.44. The number of aryl methyl sites for hydroxylation is 1. The van der Waals surface area contributed by atoms with Crippen molar-refractivity contribution in [3.8, 4) is 11.3 Å². The van der Waals surface area contributed by atoms with E-state index in [-0.39, 0.29) is 0 Å². The maximum atomic E-state index is 4.37. The quantitative estimate of drug-likeness (QED) is 0.499. The fourth-order valence-corrected chi connectivity index (χ4v) is 7.07. The van der Waals surface area contributed by atoms with E-state index in [9.17, 15) is 0 Å². The molecule has 2 fully saturated rings. The van der Waals surface area contributed by atoms with Crippen LogP contribution >= 0.6 is 11.3 Å². The molecule has 0 bridgehead atoms. The highest BCUT2D eigenvalue weighted by molar-refractivity contribution is 7.19. The second-order valence-corrected chi connectivity index (χ2v) is 10.3. The Morgan fingerprint density at radius 2 is 1.97 bits per heavy atom. The number of nitrogens with zero attached hydrogens (tertiary/aromatic N) is 3. The van der Waals surface area contributed by atoms with Crippen molar-refractivity contribution < 1.29 is 0 Å². The molecule has 4 aromatic rings. The molecule has 1 saturated carbocycles. The summed E-state index contributed by atoms with van der Waals surface area (Å²) < 4.78 is 3.33. The van der Waals surface area contributed by atoms with Crippen LogP contribution in [0.1, 0.15) is 54.5 Å². The molecule has 150 valence electrons. The van der Waals surface area contributed by atoms with Crippen LogP contribution in [0.15, 0.2) is 24.7 Å². The number of aromatic amines is 1. The molecular weight excluding hydrogens is 378 g/mol. The van der Waals surface area contributed by atoms with Crippen LogP contribution in [-0.4, -0.2) is 32.7 Å². The van der Waals surface area contributed by atoms with Gasteiger partial charge in [0, 0.05) is 16.6 Å². The lowest BCUT2D eigenvalue weighted by atomic mass is 9.99. The fourth-order valence-electron chi connectivity index (χ4n) is 5.63. The van der Waals surface area contributed by atoms with E-state index in [0.29, 0.717) is 5.92 Å². The normalized spacial score (nSPS) is 24.3. The molecule has 0 spiro atoms. The summed E-state index contributed by atoms with van der Waals surface area (Å²) in [4.78, 5) is 9.72. The lowest BCUT2D eigenvalue weighted by molar-refractivity contribution is 0.494. The zero-order chi connectivity index (χ0) is 19.7. The van der Waals surface area contributed by atoms with Crippen molar-refractivity contribution in [2.45, 2.75) is 45.4 Å². The van der Waals surface area contributed by atoms with E-state index in [1.54, 1.807) is 11.2 Å². The Bertz CT molecular complexity index is 1200. The first-order valence-corrected chi connectivity index (χ1v) is 11.6. The van der Waals surface area contributed by atoms with E-state index >= 15 is 0 Å². The second kappa shape index (κ2) is 6.41. The van der Waals surface area contributed by atoms with Crippen LogP contribution in [0.3, 0.4) is 0 Å². The highest BCUT2D eigenvalue weighted by Gasteiger charge is 2.38. The minimum atomic E-state index is 0.462. The number of nitrogens with one attached hydrogen (secondary N) is 2. The number of aromatic nitrogens is 4. The molecule has 0 aromatic carbocycles. The fraction of sp³-hybridized carbons (Fsp3) is 0.478. The van der Waals surface area contributed by atoms with Gasteiger partial charge in [0.15, 0.2) is 5.65 Å². The average molecular weight is 406 g/mol. The van der Waals surface area contributed by atoms with Crippen LogP contribution in [0.2, 0.25) is 0 Å². The zero-order valence-corrected chi connectivity index (χ0v) is 18.0. The molecule has 1 saturated heterocycles. The molecule has 0 amide bonds. The van der Waals surface area contributed by atoms with Gasteiger partial charge in [-0.15, -0.1) is 11.3 Å². The van der Waals surface area contributed by atoms with Gasteiger partial charge in [0.2, 0.25) is 0 Å². The van der Waals surface area contributed by atoms with Crippen molar-refractivity contribution in [3.63, 3.8) is 0 Å². The third-order valence-corrected chi connectivity index (χ3v) is 8.34. The highest BCUT2D eigenvalue weighted by Crippen LogP contribution is 2.48. The molecular formula is C23H27N5S. The lowest BCUT2D eigenvalue weighted by Gasteiger charge is -2.11. The summed E-state index contributed by atoms with van der Waals surface area (Å²) in [6.07, 6.45) is 6.43. The molecule has 4 aromatic heterocycles. The Morgan fingerprint density at radius 1 is 1.17 bits per heavy atom. The highest BCUT2D eigenvalue weighted by atomic mass is 32.1. The van der Waals surface area contributed by atoms with E-state index in [0.717, 1.165) is 29.0 Å². The van der Waals surface area contributed by atoms with Crippen molar-refractivity contribution >= 4 is 27.2 Å². The summed E-state index contributed by atoms with van der Waals surface area (Å²) in [6.45, 7) is 9.15. The Morgan fingerprint density at radius 3 is 2.72 bits per heavy atom. The summed E-state index contributed by atoms with van der Waals surface area (Å²) in [5.41, 5.74) is 7.25. The standard InChI is InChI=1S/C23H27N5S/c1-12(2)20-21(17-4-13(3)23-25-11-26-28(23)10-17)27-18-7-19(29-22(18)20)14-5-15-8-24-9-16(15)6-14/h4,7,10-12,14-16,24,27H,5-6,8-9H2,1-3H3. The number of hydrogen-bond acceptors (Lipinski definition) is 4. The summed E-state index contributed by atoms with van der Waals surface area (Å²) in [5, 5.41) is 7.93. The summed E-state index contributed by atoms with van der Waals surface area (Å²) in [7, 11) is 0. The molecule has 2 unspecified atom stereocenters. The summed E-state index contributed by atoms with van der Waals surface area (Å²) in [6, 6.07) is 4.67. The van der Waals surface area contributed by atoms with E-state index in [1.807, 2.05) is 15.9 Å². The smallest absolute Gasteiger partial charge is 0.158 e. The molecule has 6 rings (SSSR count). The Labute approximate surface area is 174 Å². The van der Waals surface area contributed by atoms with Gasteiger partial charge in [-0.1, -0.05) is 13.8 Å². The van der Waals surface area contributed by atoms with Crippen LogP contribution in [-0.2, 0) is 0 Å². The van der Waals surface area contributed by atoms with Crippen LogP contribution in [0.4, 0.5) is 0 Å². The number of hydrogen-bond donors (Lipinski definition) is 2. The zero-order valence-electron chi connectivity index (χ0n) is 17.2. The predicted octanol–water partition coefficient (Wildman–Crippen LogP) is 5.08. The number of H-pyrrole nitrogens is 1. The van der Waals surface area contributed by atoms with Gasteiger partial charge in [0.1, 0.15) is 6.33 Å². The van der Waals surface area contributed by atoms with E-state index in [2.05, 4.69) is 59.5 Å². The molecule has 29 heavy (non-hydrogen) atoms. The molecule has 1 aliphatic heterocycles. The number of rotatable bonds is 3. The first-order chi connectivity index (χ1) is 14.1. The second-order valence-electron chi connectivity index (χ2n) is 9.25. The Kier molecular flexibility index (Phi) is 3.90. The van der Waals surface area contributed by atoms with Crippen molar-refractivity contribution in [3.05, 3.63) is 40.7 Å². The monoisotopic (exact) mass is 405 g/mol. The van der Waals surface area contributed by atoms with Gasteiger partial charge < -0.3 is 10.3 Å². The van der Waals surface area contributed by atoms with Gasteiger partial charge in [0.25, 0.3) is 0 Å². The topological polar surface area (TPSA) is 58.0 Å². The van der Waals surface area contributed by atoms with Gasteiger partial charge in [-0.3, -0.25) is 0 Å². The SMILES string of the molecule is Cc1cc(-c2[nH]c3cc(C4CC5CNCC5C4)sc3c2C(C)C)cn2ncnc12. The van der Waals surface area contributed by atoms with Crippen molar-refractivity contribution in [1.82, 2.24) is 24.9 Å². The number of thiophene rings is 1. The maximum Gasteiger partial charge on any atom is 0.158 e. The first kappa shape index (κ1) is 17.7. The van der Waals surface area contributed by atoms with Gasteiger partial charge in [0.05, 0.1) is 15.9 Å². The molecule has 5 heterocycles. The van der Waals surface area contributed by atoms with E-state index in [1.165, 1.54) is 53.0 Å². The maximum absolute atomic E-state index is 4.37. The number of fused-ring (bicyclic) bond motifs is 3. The van der Waals surface area contributed by atoms with Gasteiger partial charge in [-0.2, -0.15) is 5.10 Å². The summed E-state index contributed by atoms with van der Waals surface area (Å²) >= 11 is 2.03. The summed E-state index contributed by atoms with van der Waals surface area (Å²) in [5.74, 6) is 2.98. The molecule has 2 atom stereocenters. The first-order valence-electron chi connectivity index (χ1n) is 10.7. The molecule has 0 radical (unpaired) electrons. The van der Waals surface area contributed by atoms with Gasteiger partial charge in [-0.25, -0.2) is 9.50 Å². The van der Waals surface area contributed by atoms with Crippen LogP contribution in [0.5, 0.6) is 0 Å². The van der Waals surface area contributed by atoms with Gasteiger partial charge in [-0.05, 0) is 79.8 Å². The molecule has 2 N–H and O–H groups in total. The molecule has 5 nitrogen and oxygen atoms in total. The minimum absolute atomic E-state index is 0.462. The van der Waals surface area contributed by atoms with E-state index < -0.39 is 0 Å². The predicted molar refractivity (Wildman–Crippen MR) is 119 cm³/mol. The van der Waals surface area contributed by atoms with Gasteiger partial charge >= 0.3 is 0 Å². The average Bonchev–Trinajstić information content (AvgIpc) is 3.43. The van der Waals surface area contributed by atoms with Crippen LogP contribution < -0.4 is 5.32 Å². The van der Waals surface area contributed by atoms with E-state index in [4.69, 9.17) is 0 Å². The molecule has 1 aliphatic carbocycles. The minimum Gasteiger partial charge on any atom is -0.354 e. The molecule has 2 aliphatic rings. The third kappa shape index (κ3) is 2.69. The van der Waals surface area contributed by atoms with Crippen LogP contribution in [0.25, 0.3) is 27.1 Å². The van der Waals surface area contributed by atoms with Crippen molar-refractivity contribution in [1.29, 1.82) is 0 Å². The van der Waals surface area contributed by atoms with Crippen molar-refractivity contribution in [2.24, 2.45) is 11.8 Å².